The molecule has 0 saturated carbocycles. The number of phenolic OH excluding ortho intramolecular Hbond substituents is 1. The standard InChI is InChI=1S/C40H41F9N2O12S/c1-20-31(59-18-22-11-7-5-8-12-22)26(50-35(54)38(41,42)43)16-27(61-20)25-15-24(30(52)29(34(53)58-4)32(25)63-64(56,57)40(47,48)49)28-17-37(3,51-36(55)39(44,45)46)33(21(2)62-28)60-19-23-13-9-6-10-14-23/h5-15,20-21,26-28,31,33,52H,16-19H2,1-4H3,(H,50,54)(H,51,55)/t20-,21+,26-,27-,28+,31-,33-,37+/m1/s1. The van der Waals surface area contributed by atoms with Gasteiger partial charge in [0.1, 0.15) is 23.5 Å². The second-order valence-corrected chi connectivity index (χ2v) is 16.6. The quantitative estimate of drug-likeness (QED) is 0.0709. The Hall–Kier alpha value is -5.17. The van der Waals surface area contributed by atoms with E-state index in [1.54, 1.807) is 66.0 Å². The molecule has 14 nitrogen and oxygen atoms in total. The van der Waals surface area contributed by atoms with Crippen LogP contribution in [0.5, 0.6) is 11.5 Å². The molecule has 8 atom stereocenters. The second kappa shape index (κ2) is 19.1. The first-order chi connectivity index (χ1) is 29.7. The third kappa shape index (κ3) is 11.4. The Morgan fingerprint density at radius 2 is 1.33 bits per heavy atom. The molecular formula is C40H41F9N2O12S. The first-order valence-electron chi connectivity index (χ1n) is 19.0. The highest BCUT2D eigenvalue weighted by molar-refractivity contribution is 7.88. The number of rotatable bonds is 13. The van der Waals surface area contributed by atoms with Crippen LogP contribution in [0.1, 0.15) is 78.4 Å². The maximum absolute atomic E-state index is 13.9. The second-order valence-electron chi connectivity index (χ2n) is 15.1. The lowest BCUT2D eigenvalue weighted by Gasteiger charge is -2.48. The van der Waals surface area contributed by atoms with Crippen LogP contribution in [0.25, 0.3) is 0 Å². The predicted octanol–water partition coefficient (Wildman–Crippen LogP) is 6.76. The highest BCUT2D eigenvalue weighted by atomic mass is 32.2. The van der Waals surface area contributed by atoms with Crippen molar-refractivity contribution in [1.29, 1.82) is 0 Å². The molecule has 3 N–H and O–H groups in total. The zero-order valence-electron chi connectivity index (χ0n) is 34.0. The number of alkyl halides is 9. The molecule has 0 unspecified atom stereocenters. The number of methoxy groups -OCH3 is 1. The van der Waals surface area contributed by atoms with Crippen molar-refractivity contribution in [3.05, 3.63) is 94.5 Å². The molecule has 352 valence electrons. The van der Waals surface area contributed by atoms with Gasteiger partial charge in [0.15, 0.2) is 5.75 Å². The van der Waals surface area contributed by atoms with Crippen molar-refractivity contribution >= 4 is 27.9 Å². The number of carbonyl (C=O) groups is 3. The Labute approximate surface area is 359 Å². The summed E-state index contributed by atoms with van der Waals surface area (Å²) >= 11 is 0. The lowest BCUT2D eigenvalue weighted by molar-refractivity contribution is -0.196. The van der Waals surface area contributed by atoms with Gasteiger partial charge in [-0.1, -0.05) is 60.7 Å². The maximum atomic E-state index is 13.9. The summed E-state index contributed by atoms with van der Waals surface area (Å²) in [4.78, 5) is 38.3. The van der Waals surface area contributed by atoms with Gasteiger partial charge >= 0.3 is 45.8 Å². The minimum Gasteiger partial charge on any atom is -0.507 e. The number of benzene rings is 3. The van der Waals surface area contributed by atoms with Crippen molar-refractivity contribution < 1.29 is 95.3 Å². The van der Waals surface area contributed by atoms with Gasteiger partial charge in [0.2, 0.25) is 0 Å². The minimum atomic E-state index is -6.76. The average Bonchev–Trinajstić information content (AvgIpc) is 3.19. The van der Waals surface area contributed by atoms with Gasteiger partial charge in [-0.3, -0.25) is 9.59 Å². The van der Waals surface area contributed by atoms with Crippen molar-refractivity contribution in [1.82, 2.24) is 10.6 Å². The van der Waals surface area contributed by atoms with E-state index in [0.717, 1.165) is 6.92 Å². The van der Waals surface area contributed by atoms with E-state index in [-0.39, 0.29) is 13.2 Å². The molecule has 64 heavy (non-hydrogen) atoms. The Morgan fingerprint density at radius 1 is 0.797 bits per heavy atom. The first-order valence-corrected chi connectivity index (χ1v) is 20.5. The summed E-state index contributed by atoms with van der Waals surface area (Å²) < 4.78 is 182. The zero-order valence-corrected chi connectivity index (χ0v) is 34.8. The lowest BCUT2D eigenvalue weighted by atomic mass is 9.79. The van der Waals surface area contributed by atoms with Gasteiger partial charge in [0, 0.05) is 24.0 Å². The summed E-state index contributed by atoms with van der Waals surface area (Å²) in [5.41, 5.74) is -10.1. The van der Waals surface area contributed by atoms with Gasteiger partial charge < -0.3 is 43.6 Å². The fourth-order valence-electron chi connectivity index (χ4n) is 7.53. The molecule has 2 amide bonds. The fraction of sp³-hybridized carbons (Fsp3) is 0.475. The highest BCUT2D eigenvalue weighted by Gasteiger charge is 2.54. The number of nitrogens with one attached hydrogen (secondary N) is 2. The molecule has 24 heteroatoms. The number of hydrogen-bond donors (Lipinski definition) is 3. The van der Waals surface area contributed by atoms with Crippen LogP contribution in [0.2, 0.25) is 0 Å². The van der Waals surface area contributed by atoms with Gasteiger partial charge in [0.05, 0.1) is 56.3 Å². The van der Waals surface area contributed by atoms with Gasteiger partial charge in [0.25, 0.3) is 0 Å². The molecule has 3 aromatic carbocycles. The Kier molecular flexibility index (Phi) is 14.9. The van der Waals surface area contributed by atoms with E-state index in [2.05, 4.69) is 8.92 Å². The van der Waals surface area contributed by atoms with Crippen LogP contribution < -0.4 is 14.8 Å². The van der Waals surface area contributed by atoms with Crippen molar-refractivity contribution in [3.8, 4) is 11.5 Å². The molecule has 0 aromatic heterocycles. The Bertz CT molecular complexity index is 2260. The molecule has 5 rings (SSSR count). The summed E-state index contributed by atoms with van der Waals surface area (Å²) in [5, 5.41) is 15.3. The predicted molar refractivity (Wildman–Crippen MR) is 201 cm³/mol. The number of aromatic hydroxyl groups is 1. The number of phenols is 1. The number of amides is 2. The Balaban J connectivity index is 1.67. The molecule has 0 spiro atoms. The smallest absolute Gasteiger partial charge is 0.507 e. The van der Waals surface area contributed by atoms with Crippen molar-refractivity contribution in [2.45, 2.75) is 113 Å². The van der Waals surface area contributed by atoms with Crippen molar-refractivity contribution in [3.63, 3.8) is 0 Å². The van der Waals surface area contributed by atoms with Gasteiger partial charge in [-0.15, -0.1) is 0 Å². The van der Waals surface area contributed by atoms with Crippen LogP contribution >= 0.6 is 0 Å². The molecule has 2 fully saturated rings. The maximum Gasteiger partial charge on any atom is 0.534 e. The molecule has 0 aliphatic carbocycles. The first kappa shape index (κ1) is 49.8. The molecule has 2 heterocycles. The molecule has 2 aliphatic heterocycles. The zero-order chi connectivity index (χ0) is 47.6. The molecular weight excluding hydrogens is 903 g/mol. The number of halogens is 9. The van der Waals surface area contributed by atoms with E-state index in [1.807, 2.05) is 5.32 Å². The molecule has 2 saturated heterocycles. The van der Waals surface area contributed by atoms with Crippen LogP contribution in [0, 0.1) is 0 Å². The summed E-state index contributed by atoms with van der Waals surface area (Å²) in [7, 11) is -6.09. The Morgan fingerprint density at radius 3 is 1.84 bits per heavy atom. The summed E-state index contributed by atoms with van der Waals surface area (Å²) in [6.07, 6.45) is -21.8. The third-order valence-electron chi connectivity index (χ3n) is 10.4. The normalized spacial score (nSPS) is 25.5. The minimum absolute atomic E-state index is 0.220. The highest BCUT2D eigenvalue weighted by Crippen LogP contribution is 2.50. The molecule has 3 aromatic rings. The van der Waals surface area contributed by atoms with Crippen molar-refractivity contribution in [2.24, 2.45) is 0 Å². The van der Waals surface area contributed by atoms with Crippen LogP contribution in [0.15, 0.2) is 66.7 Å². The van der Waals surface area contributed by atoms with Gasteiger partial charge in [-0.25, -0.2) is 4.79 Å². The van der Waals surface area contributed by atoms with Gasteiger partial charge in [-0.2, -0.15) is 47.9 Å². The van der Waals surface area contributed by atoms with Crippen LogP contribution in [-0.2, 0) is 56.6 Å². The van der Waals surface area contributed by atoms with E-state index in [9.17, 15) is 67.4 Å². The fourth-order valence-corrected chi connectivity index (χ4v) is 8.02. The number of ether oxygens (including phenoxy) is 5. The van der Waals surface area contributed by atoms with E-state index >= 15 is 0 Å². The monoisotopic (exact) mass is 944 g/mol. The van der Waals surface area contributed by atoms with E-state index in [4.69, 9.17) is 18.9 Å². The largest absolute Gasteiger partial charge is 0.534 e. The summed E-state index contributed by atoms with van der Waals surface area (Å²) in [6, 6.07) is 15.3. The molecule has 0 radical (unpaired) electrons. The van der Waals surface area contributed by atoms with E-state index < -0.39 is 135 Å². The van der Waals surface area contributed by atoms with Crippen LogP contribution in [0.4, 0.5) is 39.5 Å². The van der Waals surface area contributed by atoms with Crippen LogP contribution in [0.3, 0.4) is 0 Å². The third-order valence-corrected chi connectivity index (χ3v) is 11.4. The van der Waals surface area contributed by atoms with Crippen LogP contribution in [-0.4, -0.2) is 92.3 Å². The van der Waals surface area contributed by atoms with Crippen molar-refractivity contribution in [2.75, 3.05) is 7.11 Å². The molecule has 0 bridgehead atoms. The average molecular weight is 945 g/mol. The lowest BCUT2D eigenvalue weighted by Crippen LogP contribution is -2.64. The van der Waals surface area contributed by atoms with Gasteiger partial charge in [-0.05, 0) is 38.0 Å². The number of hydrogen-bond acceptors (Lipinski definition) is 12. The van der Waals surface area contributed by atoms with E-state index in [0.29, 0.717) is 24.3 Å². The summed E-state index contributed by atoms with van der Waals surface area (Å²) in [6.45, 7) is 3.21. The summed E-state index contributed by atoms with van der Waals surface area (Å²) in [5.74, 6) is -9.61. The topological polar surface area (TPSA) is 185 Å². The number of esters is 1. The SMILES string of the molecule is COC(=O)c1c(O)c([C@@H]2C[C@](C)(NC(=O)C(F)(F)F)[C@H](OCc3ccccc3)[C@H](C)O2)cc([C@H]2C[C@@H](NC(=O)C(F)(F)F)[C@H](OCc3ccccc3)[C@@H](C)O2)c1OS(=O)(=O)C(F)(F)F. The number of carbonyl (C=O) groups excluding carboxylic acids is 3. The molecule has 2 aliphatic rings. The van der Waals surface area contributed by atoms with E-state index in [1.165, 1.54) is 13.8 Å².